The minimum absolute atomic E-state index is 0.0265. The quantitative estimate of drug-likeness (QED) is 0.725. The van der Waals surface area contributed by atoms with Crippen LogP contribution in [0.15, 0.2) is 0 Å². The van der Waals surface area contributed by atoms with Crippen LogP contribution in [0, 0.1) is 46.3 Å². The maximum absolute atomic E-state index is 10.2. The van der Waals surface area contributed by atoms with Gasteiger partial charge in [-0.2, -0.15) is 0 Å². The van der Waals surface area contributed by atoms with Crippen LogP contribution < -0.4 is 5.73 Å². The van der Waals surface area contributed by atoms with Crippen molar-refractivity contribution < 1.29 is 5.11 Å². The summed E-state index contributed by atoms with van der Waals surface area (Å²) < 4.78 is 0. The summed E-state index contributed by atoms with van der Waals surface area (Å²) in [7, 11) is 4.39. The Bertz CT molecular complexity index is 551. The fraction of sp³-hybridized carbons (Fsp3) is 1.00. The zero-order valence-corrected chi connectivity index (χ0v) is 19.0. The van der Waals surface area contributed by atoms with Gasteiger partial charge < -0.3 is 15.7 Å². The molecule has 3 nitrogen and oxygen atoms in total. The van der Waals surface area contributed by atoms with Crippen molar-refractivity contribution in [2.45, 2.75) is 84.2 Å². The van der Waals surface area contributed by atoms with Gasteiger partial charge in [-0.05, 0) is 138 Å². The lowest BCUT2D eigenvalue weighted by Crippen LogP contribution is -2.54. The second-order valence-electron chi connectivity index (χ2n) is 11.9. The Morgan fingerprint density at radius 1 is 0.964 bits per heavy atom. The molecule has 3 heteroatoms. The number of hydrogen-bond donors (Lipinski definition) is 2. The largest absolute Gasteiger partial charge is 0.393 e. The van der Waals surface area contributed by atoms with Gasteiger partial charge in [-0.15, -0.1) is 0 Å². The summed E-state index contributed by atoms with van der Waals surface area (Å²) >= 11 is 0. The topological polar surface area (TPSA) is 49.5 Å². The summed E-state index contributed by atoms with van der Waals surface area (Å²) in [4.78, 5) is 2.33. The van der Waals surface area contributed by atoms with Crippen molar-refractivity contribution in [3.05, 3.63) is 0 Å². The SMILES string of the molecule is CN(C)CCC(CN)[C@H]1CC[C@H]2[C@@H]3CC[C@H]4C[C@@H](O)CC[C@]4(C)[C@H]3CC[C@]12C. The molecule has 9 atom stereocenters. The van der Waals surface area contributed by atoms with E-state index < -0.39 is 0 Å². The summed E-state index contributed by atoms with van der Waals surface area (Å²) in [5.41, 5.74) is 7.35. The summed E-state index contributed by atoms with van der Waals surface area (Å²) in [5.74, 6) is 5.08. The fourth-order valence-corrected chi connectivity index (χ4v) is 8.96. The molecule has 4 fully saturated rings. The number of fused-ring (bicyclic) bond motifs is 5. The van der Waals surface area contributed by atoms with E-state index >= 15 is 0 Å². The third kappa shape index (κ3) is 3.38. The van der Waals surface area contributed by atoms with Crippen molar-refractivity contribution in [1.82, 2.24) is 4.90 Å². The van der Waals surface area contributed by atoms with Crippen molar-refractivity contribution >= 4 is 0 Å². The van der Waals surface area contributed by atoms with Gasteiger partial charge in [0.2, 0.25) is 0 Å². The molecule has 3 N–H and O–H groups in total. The van der Waals surface area contributed by atoms with E-state index in [0.717, 1.165) is 49.0 Å². The monoisotopic (exact) mass is 390 g/mol. The van der Waals surface area contributed by atoms with Crippen LogP contribution in [0.5, 0.6) is 0 Å². The van der Waals surface area contributed by atoms with E-state index in [1.54, 1.807) is 0 Å². The molecule has 0 bridgehead atoms. The molecule has 0 radical (unpaired) electrons. The van der Waals surface area contributed by atoms with E-state index in [1.165, 1.54) is 57.9 Å². The molecule has 4 aliphatic carbocycles. The lowest BCUT2D eigenvalue weighted by Gasteiger charge is -2.61. The maximum atomic E-state index is 10.2. The molecule has 4 saturated carbocycles. The van der Waals surface area contributed by atoms with Crippen molar-refractivity contribution in [2.24, 2.45) is 52.1 Å². The van der Waals surface area contributed by atoms with Crippen LogP contribution >= 0.6 is 0 Å². The molecule has 0 aromatic carbocycles. The second-order valence-corrected chi connectivity index (χ2v) is 11.9. The standard InChI is InChI=1S/C25H46N2O/c1-24-12-9-19(28)15-18(24)5-6-20-22-8-7-21(17(16-26)11-14-27(3)4)25(22,2)13-10-23(20)24/h17-23,28H,5-16,26H2,1-4H3/t17?,18-,19-,20-,21+,22-,23-,24-,25+/m0/s1. The molecule has 4 rings (SSSR count). The predicted molar refractivity (Wildman–Crippen MR) is 117 cm³/mol. The molecule has 0 spiro atoms. The van der Waals surface area contributed by atoms with E-state index in [1.807, 2.05) is 0 Å². The molecule has 0 amide bonds. The Labute approximate surface area is 173 Å². The first-order valence-electron chi connectivity index (χ1n) is 12.3. The van der Waals surface area contributed by atoms with Crippen LogP contribution in [-0.4, -0.2) is 43.3 Å². The van der Waals surface area contributed by atoms with E-state index in [4.69, 9.17) is 5.73 Å². The highest BCUT2D eigenvalue weighted by Gasteiger charge is 2.60. The Balaban J connectivity index is 1.52. The van der Waals surface area contributed by atoms with E-state index in [-0.39, 0.29) is 6.10 Å². The van der Waals surface area contributed by atoms with Gasteiger partial charge >= 0.3 is 0 Å². The first-order valence-corrected chi connectivity index (χ1v) is 12.3. The van der Waals surface area contributed by atoms with Crippen molar-refractivity contribution in [1.29, 1.82) is 0 Å². The van der Waals surface area contributed by atoms with Gasteiger partial charge in [0.05, 0.1) is 6.10 Å². The van der Waals surface area contributed by atoms with Crippen molar-refractivity contribution in [2.75, 3.05) is 27.2 Å². The lowest BCUT2D eigenvalue weighted by molar-refractivity contribution is -0.129. The van der Waals surface area contributed by atoms with Crippen molar-refractivity contribution in [3.63, 3.8) is 0 Å². The number of nitrogens with two attached hydrogens (primary N) is 1. The first kappa shape index (κ1) is 21.1. The Hall–Kier alpha value is -0.120. The van der Waals surface area contributed by atoms with Gasteiger partial charge in [0.25, 0.3) is 0 Å². The summed E-state index contributed by atoms with van der Waals surface area (Å²) in [6, 6.07) is 0. The third-order valence-corrected chi connectivity index (χ3v) is 10.5. The van der Waals surface area contributed by atoms with Gasteiger partial charge in [-0.25, -0.2) is 0 Å². The third-order valence-electron chi connectivity index (χ3n) is 10.5. The fourth-order valence-electron chi connectivity index (χ4n) is 8.96. The number of rotatable bonds is 5. The van der Waals surface area contributed by atoms with Gasteiger partial charge in [-0.1, -0.05) is 13.8 Å². The molecule has 4 aliphatic rings. The van der Waals surface area contributed by atoms with Crippen LogP contribution in [0.1, 0.15) is 78.1 Å². The predicted octanol–water partition coefficient (Wildman–Crippen LogP) is 4.53. The molecule has 0 heterocycles. The highest BCUT2D eigenvalue weighted by Crippen LogP contribution is 2.68. The number of aliphatic hydroxyl groups is 1. The molecule has 162 valence electrons. The molecular weight excluding hydrogens is 344 g/mol. The summed E-state index contributed by atoms with van der Waals surface area (Å²) in [6.45, 7) is 7.30. The highest BCUT2D eigenvalue weighted by molar-refractivity contribution is 5.10. The molecule has 0 aromatic heterocycles. The highest BCUT2D eigenvalue weighted by atomic mass is 16.3. The minimum atomic E-state index is -0.0265. The average molecular weight is 391 g/mol. The normalized spacial score (nSPS) is 49.4. The molecule has 0 aliphatic heterocycles. The van der Waals surface area contributed by atoms with Crippen LogP contribution in [-0.2, 0) is 0 Å². The van der Waals surface area contributed by atoms with Gasteiger partial charge in [0, 0.05) is 0 Å². The van der Waals surface area contributed by atoms with Crippen LogP contribution in [0.2, 0.25) is 0 Å². The lowest BCUT2D eigenvalue weighted by atomic mass is 9.44. The molecule has 0 aromatic rings. The smallest absolute Gasteiger partial charge is 0.0543 e. The number of nitrogens with zero attached hydrogens (tertiary/aromatic N) is 1. The minimum Gasteiger partial charge on any atom is -0.393 e. The van der Waals surface area contributed by atoms with Gasteiger partial charge in [0.15, 0.2) is 0 Å². The van der Waals surface area contributed by atoms with Crippen LogP contribution in [0.25, 0.3) is 0 Å². The number of hydrogen-bond acceptors (Lipinski definition) is 3. The Kier molecular flexibility index (Phi) is 5.92. The van der Waals surface area contributed by atoms with Crippen LogP contribution in [0.4, 0.5) is 0 Å². The zero-order valence-electron chi connectivity index (χ0n) is 19.0. The molecule has 0 saturated heterocycles. The maximum Gasteiger partial charge on any atom is 0.0543 e. The van der Waals surface area contributed by atoms with E-state index in [9.17, 15) is 5.11 Å². The molecule has 28 heavy (non-hydrogen) atoms. The second kappa shape index (κ2) is 7.85. The summed E-state index contributed by atoms with van der Waals surface area (Å²) in [6.07, 6.45) is 13.1. The zero-order chi connectivity index (χ0) is 20.1. The average Bonchev–Trinajstić information content (AvgIpc) is 3.00. The Morgan fingerprint density at radius 3 is 2.39 bits per heavy atom. The van der Waals surface area contributed by atoms with Gasteiger partial charge in [0.1, 0.15) is 0 Å². The van der Waals surface area contributed by atoms with Gasteiger partial charge in [-0.3, -0.25) is 0 Å². The van der Waals surface area contributed by atoms with E-state index in [0.29, 0.717) is 16.7 Å². The number of aliphatic hydroxyl groups excluding tert-OH is 1. The first-order chi connectivity index (χ1) is 13.3. The Morgan fingerprint density at radius 2 is 1.68 bits per heavy atom. The van der Waals surface area contributed by atoms with Crippen molar-refractivity contribution in [3.8, 4) is 0 Å². The van der Waals surface area contributed by atoms with E-state index in [2.05, 4.69) is 32.8 Å². The molecular formula is C25H46N2O. The summed E-state index contributed by atoms with van der Waals surface area (Å²) in [5, 5.41) is 10.2. The molecule has 1 unspecified atom stereocenters. The van der Waals surface area contributed by atoms with Crippen LogP contribution in [0.3, 0.4) is 0 Å².